The van der Waals surface area contributed by atoms with E-state index in [0.717, 1.165) is 10.0 Å². The summed E-state index contributed by atoms with van der Waals surface area (Å²) >= 11 is 9.51. The molecule has 0 spiro atoms. The van der Waals surface area contributed by atoms with E-state index in [1.54, 1.807) is 36.4 Å². The zero-order valence-corrected chi connectivity index (χ0v) is 20.7. The second-order valence-corrected chi connectivity index (χ2v) is 9.99. The topological polar surface area (TPSA) is 72.5 Å². The Balaban J connectivity index is 1.62. The molecule has 34 heavy (non-hydrogen) atoms. The summed E-state index contributed by atoms with van der Waals surface area (Å²) in [6, 6.07) is 21.2. The Bertz CT molecular complexity index is 1310. The van der Waals surface area contributed by atoms with Crippen LogP contribution in [-0.4, -0.2) is 17.7 Å². The van der Waals surface area contributed by atoms with Crippen LogP contribution in [0.4, 0.5) is 0 Å². The van der Waals surface area contributed by atoms with Crippen molar-refractivity contribution in [3.8, 4) is 5.75 Å². The van der Waals surface area contributed by atoms with E-state index in [-0.39, 0.29) is 12.3 Å². The monoisotopic (exact) mass is 537 g/mol. The SMILES string of the molecule is CCC1(C(=O)c2ccc(Cl)cc2)C2c3cc(Br)ccc3OC(=O)C21C(=O)NCc1ccccc1. The number of benzene rings is 3. The summed E-state index contributed by atoms with van der Waals surface area (Å²) in [4.78, 5) is 41.4. The summed E-state index contributed by atoms with van der Waals surface area (Å²) < 4.78 is 6.46. The van der Waals surface area contributed by atoms with Crippen molar-refractivity contribution in [1.29, 1.82) is 0 Å². The molecule has 1 fully saturated rings. The molecular formula is C27H21BrClNO4. The first-order valence-corrected chi connectivity index (χ1v) is 12.2. The predicted octanol–water partition coefficient (Wildman–Crippen LogP) is 5.70. The molecule has 1 heterocycles. The van der Waals surface area contributed by atoms with Gasteiger partial charge in [-0.2, -0.15) is 0 Å². The summed E-state index contributed by atoms with van der Waals surface area (Å²) in [5, 5.41) is 3.41. The summed E-state index contributed by atoms with van der Waals surface area (Å²) in [7, 11) is 0. The molecule has 3 unspecified atom stereocenters. The van der Waals surface area contributed by atoms with Gasteiger partial charge in [-0.1, -0.05) is 64.8 Å². The molecule has 1 saturated carbocycles. The molecule has 0 radical (unpaired) electrons. The van der Waals surface area contributed by atoms with E-state index in [2.05, 4.69) is 21.2 Å². The van der Waals surface area contributed by atoms with Crippen molar-refractivity contribution in [3.63, 3.8) is 0 Å². The minimum atomic E-state index is -1.65. The van der Waals surface area contributed by atoms with Gasteiger partial charge in [-0.05, 0) is 54.4 Å². The van der Waals surface area contributed by atoms with E-state index in [1.807, 2.05) is 43.3 Å². The summed E-state index contributed by atoms with van der Waals surface area (Å²) in [5.74, 6) is -1.72. The smallest absolute Gasteiger partial charge is 0.328 e. The highest BCUT2D eigenvalue weighted by Crippen LogP contribution is 2.80. The van der Waals surface area contributed by atoms with E-state index >= 15 is 0 Å². The van der Waals surface area contributed by atoms with E-state index in [4.69, 9.17) is 16.3 Å². The Morgan fingerprint density at radius 3 is 2.44 bits per heavy atom. The predicted molar refractivity (Wildman–Crippen MR) is 132 cm³/mol. The Morgan fingerprint density at radius 2 is 1.76 bits per heavy atom. The highest BCUT2D eigenvalue weighted by molar-refractivity contribution is 9.10. The number of fused-ring (bicyclic) bond motifs is 3. The summed E-state index contributed by atoms with van der Waals surface area (Å²) in [6.07, 6.45) is 0.291. The summed E-state index contributed by atoms with van der Waals surface area (Å²) in [6.45, 7) is 2.07. The molecule has 3 atom stereocenters. The molecule has 0 bridgehead atoms. The van der Waals surface area contributed by atoms with Crippen LogP contribution < -0.4 is 10.1 Å². The maximum absolute atomic E-state index is 14.0. The van der Waals surface area contributed by atoms with Crippen LogP contribution in [0.1, 0.15) is 40.7 Å². The number of nitrogens with one attached hydrogen (secondary N) is 1. The molecule has 5 rings (SSSR count). The molecule has 1 N–H and O–H groups in total. The lowest BCUT2D eigenvalue weighted by Gasteiger charge is -2.24. The standard InChI is InChI=1S/C27H21BrClNO4/c1-2-26(23(31)17-8-11-19(29)12-9-17)22-20-14-18(28)10-13-21(20)34-25(33)27(22,26)24(32)30-15-16-6-4-3-5-7-16/h3-14,22H,2,15H2,1H3,(H,30,32). The van der Waals surface area contributed by atoms with Gasteiger partial charge in [0.25, 0.3) is 0 Å². The van der Waals surface area contributed by atoms with Gasteiger partial charge in [-0.3, -0.25) is 14.4 Å². The normalized spacial score (nSPS) is 24.4. The third kappa shape index (κ3) is 3.16. The number of carbonyl (C=O) groups excluding carboxylic acids is 3. The van der Waals surface area contributed by atoms with E-state index in [1.165, 1.54) is 0 Å². The minimum absolute atomic E-state index is 0.238. The van der Waals surface area contributed by atoms with Gasteiger partial charge in [0.15, 0.2) is 11.2 Å². The van der Waals surface area contributed by atoms with Crippen LogP contribution in [0.15, 0.2) is 77.3 Å². The third-order valence-electron chi connectivity index (χ3n) is 7.08. The molecule has 1 aliphatic heterocycles. The van der Waals surface area contributed by atoms with Crippen LogP contribution in [0.2, 0.25) is 5.02 Å². The fourth-order valence-corrected chi connectivity index (χ4v) is 6.01. The zero-order chi connectivity index (χ0) is 24.1. The highest BCUT2D eigenvalue weighted by atomic mass is 79.9. The Morgan fingerprint density at radius 1 is 1.06 bits per heavy atom. The van der Waals surface area contributed by atoms with Gasteiger partial charge in [0.1, 0.15) is 5.75 Å². The fourth-order valence-electron chi connectivity index (χ4n) is 5.51. The van der Waals surface area contributed by atoms with Crippen molar-refractivity contribution in [3.05, 3.63) is 99.0 Å². The van der Waals surface area contributed by atoms with Crippen molar-refractivity contribution >= 4 is 45.2 Å². The lowest BCUT2D eigenvalue weighted by molar-refractivity contribution is -0.149. The molecule has 5 nitrogen and oxygen atoms in total. The average Bonchev–Trinajstić information content (AvgIpc) is 3.50. The van der Waals surface area contributed by atoms with Crippen molar-refractivity contribution in [2.24, 2.45) is 10.8 Å². The van der Waals surface area contributed by atoms with Gasteiger partial charge < -0.3 is 10.1 Å². The molecular weight excluding hydrogens is 518 g/mol. The van der Waals surface area contributed by atoms with Crippen molar-refractivity contribution in [1.82, 2.24) is 5.32 Å². The molecule has 3 aromatic carbocycles. The van der Waals surface area contributed by atoms with Crippen LogP contribution in [0.25, 0.3) is 0 Å². The Kier molecular flexibility index (Phi) is 5.61. The van der Waals surface area contributed by atoms with Crippen LogP contribution >= 0.6 is 27.5 Å². The second-order valence-electron chi connectivity index (χ2n) is 8.64. The molecule has 2 aliphatic rings. The van der Waals surface area contributed by atoms with Gasteiger partial charge in [0.05, 0.1) is 5.41 Å². The lowest BCUT2D eigenvalue weighted by Crippen LogP contribution is -2.45. The van der Waals surface area contributed by atoms with Gasteiger partial charge in [0, 0.05) is 33.1 Å². The zero-order valence-electron chi connectivity index (χ0n) is 18.3. The number of hydrogen-bond acceptors (Lipinski definition) is 4. The number of ketones is 1. The highest BCUT2D eigenvalue weighted by Gasteiger charge is 2.89. The fraction of sp³-hybridized carbons (Fsp3) is 0.222. The second kappa shape index (κ2) is 8.36. The summed E-state index contributed by atoms with van der Waals surface area (Å²) in [5.41, 5.74) is -0.956. The van der Waals surface area contributed by atoms with Gasteiger partial charge in [0.2, 0.25) is 5.91 Å². The molecule has 3 aromatic rings. The quantitative estimate of drug-likeness (QED) is 0.189. The third-order valence-corrected chi connectivity index (χ3v) is 7.82. The van der Waals surface area contributed by atoms with Crippen LogP contribution in [-0.2, 0) is 16.1 Å². The first-order valence-electron chi connectivity index (χ1n) is 11.0. The number of Topliss-reactive ketones (excluding diaryl/α,β-unsaturated/α-hetero) is 1. The number of ether oxygens (including phenoxy) is 1. The first-order chi connectivity index (χ1) is 16.4. The maximum atomic E-state index is 14.0. The Labute approximate surface area is 210 Å². The van der Waals surface area contributed by atoms with Crippen LogP contribution in [0, 0.1) is 10.8 Å². The largest absolute Gasteiger partial charge is 0.425 e. The molecule has 172 valence electrons. The van der Waals surface area contributed by atoms with E-state index in [0.29, 0.717) is 28.3 Å². The molecule has 0 saturated heterocycles. The first kappa shape index (κ1) is 22.8. The van der Waals surface area contributed by atoms with Crippen molar-refractivity contribution in [2.45, 2.75) is 25.8 Å². The number of carbonyl (C=O) groups is 3. The molecule has 1 amide bonds. The number of rotatable bonds is 6. The molecule has 1 aliphatic carbocycles. The van der Waals surface area contributed by atoms with Crippen LogP contribution in [0.3, 0.4) is 0 Å². The van der Waals surface area contributed by atoms with Crippen LogP contribution in [0.5, 0.6) is 5.75 Å². The maximum Gasteiger partial charge on any atom is 0.328 e. The van der Waals surface area contributed by atoms with E-state index in [9.17, 15) is 14.4 Å². The van der Waals surface area contributed by atoms with Crippen molar-refractivity contribution in [2.75, 3.05) is 0 Å². The van der Waals surface area contributed by atoms with Gasteiger partial charge in [-0.15, -0.1) is 0 Å². The van der Waals surface area contributed by atoms with Gasteiger partial charge in [-0.25, -0.2) is 0 Å². The molecule has 0 aromatic heterocycles. The number of esters is 1. The lowest BCUT2D eigenvalue weighted by atomic mass is 9.82. The van der Waals surface area contributed by atoms with E-state index < -0.39 is 28.6 Å². The number of hydrogen-bond donors (Lipinski definition) is 1. The van der Waals surface area contributed by atoms with Crippen molar-refractivity contribution < 1.29 is 19.1 Å². The minimum Gasteiger partial charge on any atom is -0.425 e. The number of amides is 1. The Hall–Kier alpha value is -2.96. The average molecular weight is 539 g/mol. The van der Waals surface area contributed by atoms with Gasteiger partial charge >= 0.3 is 5.97 Å². The molecule has 7 heteroatoms. The number of halogens is 2.